The van der Waals surface area contributed by atoms with Gasteiger partial charge in [0.05, 0.1) is 0 Å². The molecule has 2 rings (SSSR count). The molecule has 96 valence electrons. The number of rotatable bonds is 3. The smallest absolute Gasteiger partial charge is 0.163 e. The predicted molar refractivity (Wildman–Crippen MR) is 79.0 cm³/mol. The Hall–Kier alpha value is -1.75. The molecule has 0 amide bonds. The van der Waals surface area contributed by atoms with E-state index in [1.54, 1.807) is 0 Å². The van der Waals surface area contributed by atoms with Gasteiger partial charge in [0, 0.05) is 10.5 Å². The van der Waals surface area contributed by atoms with Gasteiger partial charge in [0.1, 0.15) is 16.7 Å². The molecule has 0 bridgehead atoms. The number of aromatic nitrogens is 2. The molecule has 0 radical (unpaired) electrons. The third kappa shape index (κ3) is 2.81. The van der Waals surface area contributed by atoms with Gasteiger partial charge in [-0.15, -0.1) is 24.4 Å². The van der Waals surface area contributed by atoms with E-state index in [1.807, 2.05) is 30.5 Å². The van der Waals surface area contributed by atoms with Crippen LogP contribution in [0, 0.1) is 11.3 Å². The largest absolute Gasteiger partial charge is 0.307 e. The normalized spacial score (nSPS) is 10.0. The van der Waals surface area contributed by atoms with E-state index >= 15 is 0 Å². The lowest BCUT2D eigenvalue weighted by atomic mass is 10.2. The number of hydrazine groups is 1. The van der Waals surface area contributed by atoms with E-state index in [0.717, 1.165) is 10.5 Å². The number of anilines is 1. The standard InChI is InChI=1S/C12H11N5S2/c1-19-12-9(6-13)11(17-14)15-10(16-12)7-3-2-4-8(18)5-7/h2-5,18H,14H2,1H3,(H,15,16,17). The number of hydrogen-bond donors (Lipinski definition) is 3. The lowest BCUT2D eigenvalue weighted by Gasteiger charge is -2.09. The van der Waals surface area contributed by atoms with Gasteiger partial charge in [0.2, 0.25) is 0 Å². The Bertz CT molecular complexity index is 626. The molecule has 0 aliphatic carbocycles. The van der Waals surface area contributed by atoms with Crippen LogP contribution in [0.2, 0.25) is 0 Å². The average Bonchev–Trinajstić information content (AvgIpc) is 2.45. The maximum atomic E-state index is 9.12. The minimum absolute atomic E-state index is 0.321. The van der Waals surface area contributed by atoms with E-state index < -0.39 is 0 Å². The summed E-state index contributed by atoms with van der Waals surface area (Å²) in [5.74, 6) is 6.24. The molecular formula is C12H11N5S2. The predicted octanol–water partition coefficient (Wildman–Crippen LogP) is 2.31. The fourth-order valence-corrected chi connectivity index (χ4v) is 2.32. The summed E-state index contributed by atoms with van der Waals surface area (Å²) in [6, 6.07) is 9.53. The Kier molecular flexibility index (Phi) is 4.27. The van der Waals surface area contributed by atoms with Crippen LogP contribution in [-0.4, -0.2) is 16.2 Å². The van der Waals surface area contributed by atoms with Crippen molar-refractivity contribution in [2.75, 3.05) is 11.7 Å². The number of nitrogen functional groups attached to an aromatic ring is 1. The second-order valence-electron chi connectivity index (χ2n) is 3.59. The van der Waals surface area contributed by atoms with Crippen LogP contribution in [0.25, 0.3) is 11.4 Å². The number of hydrogen-bond acceptors (Lipinski definition) is 7. The van der Waals surface area contributed by atoms with Gasteiger partial charge < -0.3 is 5.43 Å². The molecule has 19 heavy (non-hydrogen) atoms. The highest BCUT2D eigenvalue weighted by atomic mass is 32.2. The van der Waals surface area contributed by atoms with Crippen molar-refractivity contribution in [1.29, 1.82) is 5.26 Å². The van der Waals surface area contributed by atoms with Gasteiger partial charge >= 0.3 is 0 Å². The minimum Gasteiger partial charge on any atom is -0.307 e. The molecule has 0 aliphatic rings. The summed E-state index contributed by atoms with van der Waals surface area (Å²) >= 11 is 5.66. The molecule has 2 aromatic rings. The zero-order valence-electron chi connectivity index (χ0n) is 10.1. The molecule has 3 N–H and O–H groups in total. The first kappa shape index (κ1) is 13.7. The molecule has 0 aliphatic heterocycles. The molecular weight excluding hydrogens is 278 g/mol. The highest BCUT2D eigenvalue weighted by Gasteiger charge is 2.14. The highest BCUT2D eigenvalue weighted by molar-refractivity contribution is 7.98. The van der Waals surface area contributed by atoms with Gasteiger partial charge in [-0.2, -0.15) is 5.26 Å². The van der Waals surface area contributed by atoms with Crippen molar-refractivity contribution in [3.63, 3.8) is 0 Å². The lowest BCUT2D eigenvalue weighted by molar-refractivity contribution is 1.03. The highest BCUT2D eigenvalue weighted by Crippen LogP contribution is 2.27. The molecule has 0 unspecified atom stereocenters. The SMILES string of the molecule is CSc1nc(-c2cccc(S)c2)nc(NN)c1C#N. The second kappa shape index (κ2) is 5.93. The monoisotopic (exact) mass is 289 g/mol. The van der Waals surface area contributed by atoms with Crippen LogP contribution in [0.5, 0.6) is 0 Å². The average molecular weight is 289 g/mol. The van der Waals surface area contributed by atoms with Crippen LogP contribution < -0.4 is 11.3 Å². The summed E-state index contributed by atoms with van der Waals surface area (Å²) in [5.41, 5.74) is 3.61. The maximum Gasteiger partial charge on any atom is 0.163 e. The van der Waals surface area contributed by atoms with Crippen LogP contribution in [-0.2, 0) is 0 Å². The summed E-state index contributed by atoms with van der Waals surface area (Å²) in [4.78, 5) is 9.46. The van der Waals surface area contributed by atoms with E-state index in [9.17, 15) is 0 Å². The summed E-state index contributed by atoms with van der Waals surface area (Å²) < 4.78 is 0. The second-order valence-corrected chi connectivity index (χ2v) is 4.90. The molecule has 0 saturated heterocycles. The fraction of sp³-hybridized carbons (Fsp3) is 0.0833. The Balaban J connectivity index is 2.63. The van der Waals surface area contributed by atoms with Crippen molar-refractivity contribution in [3.8, 4) is 17.5 Å². The molecule has 1 heterocycles. The summed E-state index contributed by atoms with van der Waals surface area (Å²) in [6.07, 6.45) is 1.85. The fourth-order valence-electron chi connectivity index (χ4n) is 1.57. The van der Waals surface area contributed by atoms with Gasteiger partial charge in [0.25, 0.3) is 0 Å². The first-order chi connectivity index (χ1) is 9.19. The van der Waals surface area contributed by atoms with Crippen molar-refractivity contribution in [2.24, 2.45) is 5.84 Å². The molecule has 1 aromatic heterocycles. The molecule has 7 heteroatoms. The van der Waals surface area contributed by atoms with Crippen molar-refractivity contribution in [2.45, 2.75) is 9.92 Å². The Morgan fingerprint density at radius 2 is 2.21 bits per heavy atom. The number of nitrogens with two attached hydrogens (primary N) is 1. The van der Waals surface area contributed by atoms with E-state index in [2.05, 4.69) is 34.1 Å². The van der Waals surface area contributed by atoms with Crippen molar-refractivity contribution >= 4 is 30.2 Å². The molecule has 0 atom stereocenters. The summed E-state index contributed by atoms with van der Waals surface area (Å²) in [6.45, 7) is 0. The van der Waals surface area contributed by atoms with Crippen molar-refractivity contribution in [1.82, 2.24) is 9.97 Å². The minimum atomic E-state index is 0.321. The zero-order chi connectivity index (χ0) is 13.8. The van der Waals surface area contributed by atoms with Crippen LogP contribution >= 0.6 is 24.4 Å². The molecule has 0 fully saturated rings. The molecule has 5 nitrogen and oxygen atoms in total. The van der Waals surface area contributed by atoms with Gasteiger partial charge in [-0.25, -0.2) is 15.8 Å². The van der Waals surface area contributed by atoms with Crippen LogP contribution in [0.1, 0.15) is 5.56 Å². The van der Waals surface area contributed by atoms with Crippen LogP contribution in [0.15, 0.2) is 34.2 Å². The van der Waals surface area contributed by atoms with E-state index in [1.165, 1.54) is 11.8 Å². The Morgan fingerprint density at radius 1 is 1.42 bits per heavy atom. The molecule has 0 saturated carbocycles. The lowest BCUT2D eigenvalue weighted by Crippen LogP contribution is -2.12. The maximum absolute atomic E-state index is 9.12. The topological polar surface area (TPSA) is 87.6 Å². The first-order valence-corrected chi connectivity index (χ1v) is 6.99. The van der Waals surface area contributed by atoms with Gasteiger partial charge in [0.15, 0.2) is 11.6 Å². The summed E-state index contributed by atoms with van der Waals surface area (Å²) in [5, 5.41) is 9.70. The van der Waals surface area contributed by atoms with E-state index in [-0.39, 0.29) is 0 Å². The molecule has 1 aromatic carbocycles. The number of thiol groups is 1. The number of thioether (sulfide) groups is 1. The number of benzene rings is 1. The third-order valence-corrected chi connectivity index (χ3v) is 3.38. The number of nitrogens with zero attached hydrogens (tertiary/aromatic N) is 3. The zero-order valence-corrected chi connectivity index (χ0v) is 11.8. The number of nitriles is 1. The van der Waals surface area contributed by atoms with Gasteiger partial charge in [-0.1, -0.05) is 12.1 Å². The van der Waals surface area contributed by atoms with Crippen molar-refractivity contribution < 1.29 is 0 Å². The number of nitrogens with one attached hydrogen (secondary N) is 1. The van der Waals surface area contributed by atoms with Crippen molar-refractivity contribution in [3.05, 3.63) is 29.8 Å². The third-order valence-electron chi connectivity index (χ3n) is 2.42. The Labute approximate surface area is 120 Å². The first-order valence-electron chi connectivity index (χ1n) is 5.31. The van der Waals surface area contributed by atoms with Gasteiger partial charge in [-0.3, -0.25) is 0 Å². The summed E-state index contributed by atoms with van der Waals surface area (Å²) in [7, 11) is 0. The van der Waals surface area contributed by atoms with Crippen LogP contribution in [0.4, 0.5) is 5.82 Å². The van der Waals surface area contributed by atoms with E-state index in [4.69, 9.17) is 11.1 Å². The quantitative estimate of drug-likeness (QED) is 0.264. The van der Waals surface area contributed by atoms with Crippen LogP contribution in [0.3, 0.4) is 0 Å². The van der Waals surface area contributed by atoms with Gasteiger partial charge in [-0.05, 0) is 18.4 Å². The molecule has 0 spiro atoms. The Morgan fingerprint density at radius 3 is 2.79 bits per heavy atom. The van der Waals surface area contributed by atoms with E-state index in [0.29, 0.717) is 22.2 Å².